The smallest absolute Gasteiger partial charge is 0.259 e. The number of fused-ring (bicyclic) bond motifs is 1. The number of ether oxygens (including phenoxy) is 1. The van der Waals surface area contributed by atoms with Gasteiger partial charge in [-0.25, -0.2) is 18.7 Å². The number of aryl methyl sites for hydroxylation is 1. The molecule has 2 saturated carbocycles. The van der Waals surface area contributed by atoms with Crippen LogP contribution in [-0.4, -0.2) is 36.1 Å². The first kappa shape index (κ1) is 14.2. The molecule has 1 aromatic heterocycles. The predicted molar refractivity (Wildman–Crippen MR) is 78.7 cm³/mol. The van der Waals surface area contributed by atoms with Crippen molar-refractivity contribution in [1.82, 2.24) is 9.97 Å². The van der Waals surface area contributed by atoms with Crippen LogP contribution in [0.15, 0.2) is 0 Å². The molecule has 0 amide bonds. The summed E-state index contributed by atoms with van der Waals surface area (Å²) in [5.74, 6) is -0.530. The van der Waals surface area contributed by atoms with E-state index in [1.807, 2.05) is 11.8 Å². The number of halogens is 2. The van der Waals surface area contributed by atoms with Gasteiger partial charge in [0, 0.05) is 24.4 Å². The van der Waals surface area contributed by atoms with Crippen LogP contribution < -0.4 is 9.64 Å². The maximum absolute atomic E-state index is 14.0. The van der Waals surface area contributed by atoms with Crippen LogP contribution in [0.2, 0.25) is 0 Å². The van der Waals surface area contributed by atoms with E-state index in [1.54, 1.807) is 14.0 Å². The molecular weight excluding hydrogens is 288 g/mol. The van der Waals surface area contributed by atoms with Crippen molar-refractivity contribution in [2.75, 3.05) is 25.1 Å². The summed E-state index contributed by atoms with van der Waals surface area (Å²) in [6, 6.07) is 0. The number of aromatic nitrogens is 2. The average Bonchev–Trinajstić information content (AvgIpc) is 3.37. The maximum atomic E-state index is 14.0. The number of alkyl halides is 2. The molecule has 3 fully saturated rings. The van der Waals surface area contributed by atoms with Gasteiger partial charge in [-0.05, 0) is 26.2 Å². The van der Waals surface area contributed by atoms with Gasteiger partial charge in [0.1, 0.15) is 5.82 Å². The molecule has 22 heavy (non-hydrogen) atoms. The molecule has 2 atom stereocenters. The second kappa shape index (κ2) is 4.30. The summed E-state index contributed by atoms with van der Waals surface area (Å²) in [7, 11) is 1.59. The number of hydrogen-bond acceptors (Lipinski definition) is 4. The van der Waals surface area contributed by atoms with Gasteiger partial charge in [-0.2, -0.15) is 0 Å². The van der Waals surface area contributed by atoms with Crippen LogP contribution in [0.4, 0.5) is 14.6 Å². The highest BCUT2D eigenvalue weighted by atomic mass is 19.3. The minimum Gasteiger partial charge on any atom is -0.491 e. The molecule has 2 heterocycles. The first-order chi connectivity index (χ1) is 10.4. The zero-order chi connectivity index (χ0) is 15.7. The standard InChI is InChI=1S/C16H21F2N3O/c1-9-12(22-3)14(20-13(19-9)10-4-5-10)21-7-6-15(2)11(8-21)16(15,17)18/h10-11H,4-8H2,1-3H3. The van der Waals surface area contributed by atoms with Gasteiger partial charge in [0.05, 0.1) is 18.7 Å². The van der Waals surface area contributed by atoms with E-state index in [-0.39, 0.29) is 0 Å². The summed E-state index contributed by atoms with van der Waals surface area (Å²) in [5, 5.41) is 0. The predicted octanol–water partition coefficient (Wildman–Crippen LogP) is 3.15. The van der Waals surface area contributed by atoms with Crippen molar-refractivity contribution in [2.24, 2.45) is 11.3 Å². The van der Waals surface area contributed by atoms with Gasteiger partial charge in [0.2, 0.25) is 0 Å². The average molecular weight is 309 g/mol. The maximum Gasteiger partial charge on any atom is 0.259 e. The highest BCUT2D eigenvalue weighted by Crippen LogP contribution is 2.69. The molecule has 2 aliphatic carbocycles. The number of anilines is 1. The SMILES string of the molecule is COc1c(C)nc(C2CC2)nc1N1CCC2(C)C(C1)C2(F)F. The summed E-state index contributed by atoms with van der Waals surface area (Å²) in [6.07, 6.45) is 2.73. The van der Waals surface area contributed by atoms with E-state index in [2.05, 4.69) is 9.97 Å². The second-order valence-electron chi connectivity index (χ2n) is 7.09. The van der Waals surface area contributed by atoms with E-state index in [1.165, 1.54) is 0 Å². The Bertz CT molecular complexity index is 632. The fourth-order valence-corrected chi connectivity index (χ4v) is 3.75. The van der Waals surface area contributed by atoms with Crippen LogP contribution in [0.25, 0.3) is 0 Å². The third kappa shape index (κ3) is 1.78. The second-order valence-corrected chi connectivity index (χ2v) is 7.09. The fourth-order valence-electron chi connectivity index (χ4n) is 3.75. The number of hydrogen-bond donors (Lipinski definition) is 0. The van der Waals surface area contributed by atoms with Crippen molar-refractivity contribution in [3.63, 3.8) is 0 Å². The van der Waals surface area contributed by atoms with Gasteiger partial charge < -0.3 is 9.64 Å². The van der Waals surface area contributed by atoms with E-state index < -0.39 is 17.3 Å². The normalized spacial score (nSPS) is 32.6. The lowest BCUT2D eigenvalue weighted by atomic mass is 9.97. The Hall–Kier alpha value is -1.46. The van der Waals surface area contributed by atoms with Crippen LogP contribution in [-0.2, 0) is 0 Å². The minimum atomic E-state index is -2.55. The molecule has 4 rings (SSSR count). The molecule has 0 bridgehead atoms. The summed E-state index contributed by atoms with van der Waals surface area (Å²) in [5.41, 5.74) is -0.0247. The lowest BCUT2D eigenvalue weighted by Gasteiger charge is -2.31. The summed E-state index contributed by atoms with van der Waals surface area (Å²) < 4.78 is 33.4. The molecule has 3 aliphatic rings. The molecule has 2 unspecified atom stereocenters. The van der Waals surface area contributed by atoms with Crippen LogP contribution in [0, 0.1) is 18.3 Å². The van der Waals surface area contributed by atoms with Crippen molar-refractivity contribution in [2.45, 2.75) is 45.0 Å². The molecule has 1 aromatic rings. The fraction of sp³-hybridized carbons (Fsp3) is 0.750. The van der Waals surface area contributed by atoms with Crippen molar-refractivity contribution in [3.8, 4) is 5.75 Å². The Morgan fingerprint density at radius 1 is 1.27 bits per heavy atom. The first-order valence-corrected chi connectivity index (χ1v) is 7.94. The van der Waals surface area contributed by atoms with Gasteiger partial charge >= 0.3 is 0 Å². The molecule has 0 spiro atoms. The van der Waals surface area contributed by atoms with E-state index in [4.69, 9.17) is 4.74 Å². The zero-order valence-corrected chi connectivity index (χ0v) is 13.2. The van der Waals surface area contributed by atoms with E-state index in [0.717, 1.165) is 24.4 Å². The molecular formula is C16H21F2N3O. The topological polar surface area (TPSA) is 38.3 Å². The third-order valence-corrected chi connectivity index (χ3v) is 5.67. The number of rotatable bonds is 3. The Morgan fingerprint density at radius 2 is 2.00 bits per heavy atom. The quantitative estimate of drug-likeness (QED) is 0.860. The monoisotopic (exact) mass is 309 g/mol. The Labute approximate surface area is 128 Å². The van der Waals surface area contributed by atoms with Gasteiger partial charge in [0.25, 0.3) is 5.92 Å². The van der Waals surface area contributed by atoms with E-state index in [9.17, 15) is 8.78 Å². The minimum absolute atomic E-state index is 0.348. The largest absolute Gasteiger partial charge is 0.491 e. The van der Waals surface area contributed by atoms with Gasteiger partial charge in [-0.1, -0.05) is 6.92 Å². The lowest BCUT2D eigenvalue weighted by molar-refractivity contribution is 0.0636. The Morgan fingerprint density at radius 3 is 2.59 bits per heavy atom. The van der Waals surface area contributed by atoms with E-state index >= 15 is 0 Å². The molecule has 0 N–H and O–H groups in total. The summed E-state index contributed by atoms with van der Waals surface area (Å²) in [4.78, 5) is 11.1. The van der Waals surface area contributed by atoms with Crippen LogP contribution in [0.5, 0.6) is 5.75 Å². The van der Waals surface area contributed by atoms with Gasteiger partial charge in [-0.15, -0.1) is 0 Å². The van der Waals surface area contributed by atoms with Crippen LogP contribution in [0.1, 0.15) is 43.6 Å². The van der Waals surface area contributed by atoms with Crippen molar-refractivity contribution in [1.29, 1.82) is 0 Å². The zero-order valence-electron chi connectivity index (χ0n) is 13.2. The van der Waals surface area contributed by atoms with Gasteiger partial charge in [-0.3, -0.25) is 0 Å². The van der Waals surface area contributed by atoms with Crippen molar-refractivity contribution in [3.05, 3.63) is 11.5 Å². The van der Waals surface area contributed by atoms with Crippen molar-refractivity contribution >= 4 is 5.82 Å². The molecule has 1 aliphatic heterocycles. The summed E-state index contributed by atoms with van der Waals surface area (Å²) >= 11 is 0. The number of methoxy groups -OCH3 is 1. The Kier molecular flexibility index (Phi) is 2.76. The third-order valence-electron chi connectivity index (χ3n) is 5.67. The van der Waals surface area contributed by atoms with Crippen LogP contribution >= 0.6 is 0 Å². The first-order valence-electron chi connectivity index (χ1n) is 7.94. The molecule has 4 nitrogen and oxygen atoms in total. The van der Waals surface area contributed by atoms with Gasteiger partial charge in [0.15, 0.2) is 11.6 Å². The van der Waals surface area contributed by atoms with Crippen LogP contribution in [0.3, 0.4) is 0 Å². The Balaban J connectivity index is 1.67. The molecule has 0 aromatic carbocycles. The molecule has 1 saturated heterocycles. The summed E-state index contributed by atoms with van der Waals surface area (Å²) in [6.45, 7) is 4.54. The molecule has 120 valence electrons. The van der Waals surface area contributed by atoms with Crippen molar-refractivity contribution < 1.29 is 13.5 Å². The highest BCUT2D eigenvalue weighted by molar-refractivity contribution is 5.56. The molecule has 6 heteroatoms. The number of nitrogens with zero attached hydrogens (tertiary/aromatic N) is 3. The highest BCUT2D eigenvalue weighted by Gasteiger charge is 2.78. The number of piperidine rings is 1. The lowest BCUT2D eigenvalue weighted by Crippen LogP contribution is -2.35. The van der Waals surface area contributed by atoms with E-state index in [0.29, 0.717) is 37.0 Å². The molecule has 0 radical (unpaired) electrons.